The van der Waals surface area contributed by atoms with Crippen LogP contribution >= 0.6 is 0 Å². The van der Waals surface area contributed by atoms with Crippen molar-refractivity contribution < 1.29 is 19.7 Å². The molecule has 0 spiro atoms. The lowest BCUT2D eigenvalue weighted by Gasteiger charge is -2.09. The number of carboxylic acid groups (broad SMARTS) is 1. The number of hydrogen-bond donors (Lipinski definition) is 2. The maximum atomic E-state index is 10.2. The molecule has 0 radical (unpaired) electrons. The molecule has 0 bridgehead atoms. The van der Waals surface area contributed by atoms with Gasteiger partial charge in [-0.1, -0.05) is 0 Å². The first-order chi connectivity index (χ1) is 5.72. The summed E-state index contributed by atoms with van der Waals surface area (Å²) in [4.78, 5) is 10.2. The molecule has 2 N–H and O–H groups in total. The summed E-state index contributed by atoms with van der Waals surface area (Å²) < 4.78 is 5.35. The van der Waals surface area contributed by atoms with Crippen LogP contribution in [0.4, 0.5) is 0 Å². The van der Waals surface area contributed by atoms with Crippen LogP contribution in [0.25, 0.3) is 0 Å². The highest BCUT2D eigenvalue weighted by Crippen LogP contribution is 2.22. The number of hydrogen-bond acceptors (Lipinski definition) is 3. The number of ether oxygens (including phenoxy) is 1. The van der Waals surface area contributed by atoms with E-state index in [9.17, 15) is 4.79 Å². The Morgan fingerprint density at radius 1 is 1.42 bits per heavy atom. The zero-order valence-electron chi connectivity index (χ0n) is 6.90. The van der Waals surface area contributed by atoms with Gasteiger partial charge in [0.25, 0.3) is 0 Å². The molecule has 2 unspecified atom stereocenters. The molecule has 0 aromatic rings. The van der Waals surface area contributed by atoms with Gasteiger partial charge < -0.3 is 14.9 Å². The summed E-state index contributed by atoms with van der Waals surface area (Å²) >= 11 is 0. The fourth-order valence-corrected chi connectivity index (χ4v) is 1.41. The van der Waals surface area contributed by atoms with Gasteiger partial charge in [0.1, 0.15) is 0 Å². The highest BCUT2D eigenvalue weighted by molar-refractivity contribution is 5.66. The van der Waals surface area contributed by atoms with Gasteiger partial charge >= 0.3 is 5.97 Å². The van der Waals surface area contributed by atoms with Crippen LogP contribution in [0, 0.1) is 0 Å². The van der Waals surface area contributed by atoms with Crippen LogP contribution in [-0.4, -0.2) is 35.0 Å². The summed E-state index contributed by atoms with van der Waals surface area (Å²) in [5.41, 5.74) is 0. The Bertz CT molecular complexity index is 157. The second-order valence-electron chi connectivity index (χ2n) is 3.07. The molecular formula is C8H14O4. The number of aliphatic carboxylic acids is 1. The quantitative estimate of drug-likeness (QED) is 0.647. The van der Waals surface area contributed by atoms with E-state index in [0.717, 1.165) is 12.8 Å². The van der Waals surface area contributed by atoms with Crippen molar-refractivity contribution in [3.05, 3.63) is 0 Å². The van der Waals surface area contributed by atoms with Gasteiger partial charge in [-0.25, -0.2) is 0 Å². The minimum absolute atomic E-state index is 0.0400. The van der Waals surface area contributed by atoms with Crippen LogP contribution in [0.5, 0.6) is 0 Å². The van der Waals surface area contributed by atoms with E-state index < -0.39 is 5.97 Å². The third kappa shape index (κ3) is 2.79. The fourth-order valence-electron chi connectivity index (χ4n) is 1.41. The first-order valence-corrected chi connectivity index (χ1v) is 4.20. The number of rotatable bonds is 4. The lowest BCUT2D eigenvalue weighted by molar-refractivity contribution is -0.137. The van der Waals surface area contributed by atoms with Crippen molar-refractivity contribution in [1.29, 1.82) is 0 Å². The number of aliphatic hydroxyl groups excluding tert-OH is 1. The van der Waals surface area contributed by atoms with E-state index in [1.54, 1.807) is 0 Å². The molecule has 1 saturated heterocycles. The lowest BCUT2D eigenvalue weighted by atomic mass is 10.1. The average molecular weight is 174 g/mol. The second kappa shape index (κ2) is 4.42. The second-order valence-corrected chi connectivity index (χ2v) is 3.07. The zero-order chi connectivity index (χ0) is 8.97. The summed E-state index contributed by atoms with van der Waals surface area (Å²) in [7, 11) is 0. The third-order valence-corrected chi connectivity index (χ3v) is 2.08. The number of aliphatic hydroxyl groups is 1. The van der Waals surface area contributed by atoms with Gasteiger partial charge in [0.15, 0.2) is 0 Å². The molecular weight excluding hydrogens is 160 g/mol. The standard InChI is InChI=1S/C8H14O4/c9-5-7-2-1-6(12-7)3-4-8(10)11/h6-7,9H,1-5H2,(H,10,11). The molecule has 12 heavy (non-hydrogen) atoms. The van der Waals surface area contributed by atoms with E-state index in [1.807, 2.05) is 0 Å². The summed E-state index contributed by atoms with van der Waals surface area (Å²) in [6.07, 6.45) is 2.41. The molecule has 4 nitrogen and oxygen atoms in total. The topological polar surface area (TPSA) is 66.8 Å². The maximum Gasteiger partial charge on any atom is 0.303 e. The first kappa shape index (κ1) is 9.48. The number of carboxylic acids is 1. The molecule has 1 fully saturated rings. The molecule has 4 heteroatoms. The monoisotopic (exact) mass is 174 g/mol. The van der Waals surface area contributed by atoms with Gasteiger partial charge in [-0.15, -0.1) is 0 Å². The van der Waals surface area contributed by atoms with Crippen molar-refractivity contribution in [2.75, 3.05) is 6.61 Å². The van der Waals surface area contributed by atoms with Gasteiger partial charge in [0, 0.05) is 6.42 Å². The van der Waals surface area contributed by atoms with Crippen molar-refractivity contribution in [2.45, 2.75) is 37.9 Å². The summed E-state index contributed by atoms with van der Waals surface area (Å²) in [6.45, 7) is 0.0452. The Balaban J connectivity index is 2.15. The summed E-state index contributed by atoms with van der Waals surface area (Å²) in [5.74, 6) is -0.786. The van der Waals surface area contributed by atoms with Gasteiger partial charge in [-0.2, -0.15) is 0 Å². The van der Waals surface area contributed by atoms with Gasteiger partial charge in [0.2, 0.25) is 0 Å². The Kier molecular flexibility index (Phi) is 3.49. The van der Waals surface area contributed by atoms with Crippen LogP contribution in [-0.2, 0) is 9.53 Å². The van der Waals surface area contributed by atoms with E-state index in [1.165, 1.54) is 0 Å². The molecule has 1 heterocycles. The molecule has 0 amide bonds. The van der Waals surface area contributed by atoms with Crippen molar-refractivity contribution >= 4 is 5.97 Å². The Morgan fingerprint density at radius 2 is 2.08 bits per heavy atom. The smallest absolute Gasteiger partial charge is 0.303 e. The van der Waals surface area contributed by atoms with E-state index in [-0.39, 0.29) is 25.2 Å². The predicted octanol–water partition coefficient (Wildman–Crippen LogP) is 0.391. The molecule has 1 rings (SSSR count). The van der Waals surface area contributed by atoms with Crippen LogP contribution in [0.15, 0.2) is 0 Å². The van der Waals surface area contributed by atoms with E-state index in [4.69, 9.17) is 14.9 Å². The van der Waals surface area contributed by atoms with E-state index in [2.05, 4.69) is 0 Å². The Morgan fingerprint density at radius 3 is 2.58 bits per heavy atom. The van der Waals surface area contributed by atoms with Crippen LogP contribution in [0.3, 0.4) is 0 Å². The zero-order valence-corrected chi connectivity index (χ0v) is 6.90. The molecule has 2 atom stereocenters. The van der Waals surface area contributed by atoms with Crippen LogP contribution < -0.4 is 0 Å². The molecule has 1 aliphatic heterocycles. The van der Waals surface area contributed by atoms with Crippen LogP contribution in [0.2, 0.25) is 0 Å². The minimum atomic E-state index is -0.786. The van der Waals surface area contributed by atoms with Gasteiger partial charge in [0.05, 0.1) is 18.8 Å². The van der Waals surface area contributed by atoms with E-state index >= 15 is 0 Å². The highest BCUT2D eigenvalue weighted by Gasteiger charge is 2.24. The van der Waals surface area contributed by atoms with E-state index in [0.29, 0.717) is 6.42 Å². The van der Waals surface area contributed by atoms with Crippen molar-refractivity contribution in [2.24, 2.45) is 0 Å². The molecule has 0 aromatic carbocycles. The fraction of sp³-hybridized carbons (Fsp3) is 0.875. The van der Waals surface area contributed by atoms with Crippen molar-refractivity contribution in [3.63, 3.8) is 0 Å². The summed E-state index contributed by atoms with van der Waals surface area (Å²) in [5, 5.41) is 17.1. The lowest BCUT2D eigenvalue weighted by Crippen LogP contribution is -2.15. The summed E-state index contributed by atoms with van der Waals surface area (Å²) in [6, 6.07) is 0. The Labute approximate surface area is 71.2 Å². The van der Waals surface area contributed by atoms with Crippen LogP contribution in [0.1, 0.15) is 25.7 Å². The van der Waals surface area contributed by atoms with Crippen molar-refractivity contribution in [3.8, 4) is 0 Å². The Hall–Kier alpha value is -0.610. The van der Waals surface area contributed by atoms with Gasteiger partial charge in [-0.3, -0.25) is 4.79 Å². The predicted molar refractivity (Wildman–Crippen MR) is 41.9 cm³/mol. The molecule has 70 valence electrons. The molecule has 0 saturated carbocycles. The van der Waals surface area contributed by atoms with Crippen molar-refractivity contribution in [1.82, 2.24) is 0 Å². The SMILES string of the molecule is O=C(O)CCC1CCC(CO)O1. The largest absolute Gasteiger partial charge is 0.481 e. The van der Waals surface area contributed by atoms with Gasteiger partial charge in [-0.05, 0) is 19.3 Å². The average Bonchev–Trinajstić information content (AvgIpc) is 2.48. The first-order valence-electron chi connectivity index (χ1n) is 4.20. The normalized spacial score (nSPS) is 29.1. The molecule has 0 aliphatic carbocycles. The minimum Gasteiger partial charge on any atom is -0.481 e. The highest BCUT2D eigenvalue weighted by atomic mass is 16.5. The molecule has 1 aliphatic rings. The third-order valence-electron chi connectivity index (χ3n) is 2.08. The number of carbonyl (C=O) groups is 1. The maximum absolute atomic E-state index is 10.2. The molecule has 0 aromatic heterocycles.